The molecule has 1 amide bonds. The summed E-state index contributed by atoms with van der Waals surface area (Å²) in [5.74, 6) is -2.15. The molecule has 0 aromatic carbocycles. The third kappa shape index (κ3) is 5.04. The van der Waals surface area contributed by atoms with E-state index in [1.807, 2.05) is 0 Å². The minimum Gasteiger partial charge on any atom is -0.479 e. The SMILES string of the molecule is CC(C)(C)OC(=O)NC1COC(C)(C)OC1C(=O)O. The quantitative estimate of drug-likeness (QED) is 0.784. The number of alkyl carbamates (subject to hydrolysis) is 1. The van der Waals surface area contributed by atoms with Gasteiger partial charge in [0.05, 0.1) is 12.6 Å². The van der Waals surface area contributed by atoms with Crippen molar-refractivity contribution in [2.75, 3.05) is 6.61 Å². The molecule has 2 atom stereocenters. The van der Waals surface area contributed by atoms with E-state index in [1.54, 1.807) is 34.6 Å². The van der Waals surface area contributed by atoms with Gasteiger partial charge in [0.2, 0.25) is 0 Å². The number of carboxylic acid groups (broad SMARTS) is 1. The lowest BCUT2D eigenvalue weighted by molar-refractivity contribution is -0.280. The minimum absolute atomic E-state index is 0.0449. The number of amides is 1. The van der Waals surface area contributed by atoms with E-state index in [0.717, 1.165) is 0 Å². The van der Waals surface area contributed by atoms with Crippen molar-refractivity contribution in [1.29, 1.82) is 0 Å². The molecule has 0 aromatic rings. The molecule has 0 spiro atoms. The van der Waals surface area contributed by atoms with E-state index >= 15 is 0 Å². The first-order valence-corrected chi connectivity index (χ1v) is 6.04. The van der Waals surface area contributed by atoms with Crippen LogP contribution in [0.3, 0.4) is 0 Å². The zero-order chi connectivity index (χ0) is 14.8. The average molecular weight is 275 g/mol. The van der Waals surface area contributed by atoms with E-state index in [2.05, 4.69) is 5.32 Å². The normalized spacial score (nSPS) is 26.6. The number of carbonyl (C=O) groups is 2. The molecule has 2 N–H and O–H groups in total. The topological polar surface area (TPSA) is 94.1 Å². The predicted molar refractivity (Wildman–Crippen MR) is 65.7 cm³/mol. The lowest BCUT2D eigenvalue weighted by Gasteiger charge is -2.39. The van der Waals surface area contributed by atoms with Gasteiger partial charge in [0.25, 0.3) is 0 Å². The van der Waals surface area contributed by atoms with Crippen LogP contribution in [0.1, 0.15) is 34.6 Å². The molecule has 1 aliphatic rings. The number of carboxylic acids is 1. The van der Waals surface area contributed by atoms with Gasteiger partial charge in [-0.1, -0.05) is 0 Å². The second-order valence-corrected chi connectivity index (χ2v) is 5.84. The highest BCUT2D eigenvalue weighted by Crippen LogP contribution is 2.23. The van der Waals surface area contributed by atoms with E-state index in [4.69, 9.17) is 19.3 Å². The average Bonchev–Trinajstić information content (AvgIpc) is 2.17. The summed E-state index contributed by atoms with van der Waals surface area (Å²) in [5, 5.41) is 11.6. The first kappa shape index (κ1) is 15.7. The van der Waals surface area contributed by atoms with E-state index < -0.39 is 35.6 Å². The van der Waals surface area contributed by atoms with Crippen molar-refractivity contribution in [3.8, 4) is 0 Å². The van der Waals surface area contributed by atoms with E-state index in [-0.39, 0.29) is 6.61 Å². The predicted octanol–water partition coefficient (Wildman–Crippen LogP) is 1.12. The van der Waals surface area contributed by atoms with Gasteiger partial charge in [-0.15, -0.1) is 0 Å². The molecular weight excluding hydrogens is 254 g/mol. The molecule has 0 saturated carbocycles. The van der Waals surface area contributed by atoms with Crippen molar-refractivity contribution in [2.24, 2.45) is 0 Å². The molecule has 0 bridgehead atoms. The van der Waals surface area contributed by atoms with Crippen LogP contribution >= 0.6 is 0 Å². The van der Waals surface area contributed by atoms with Gasteiger partial charge in [-0.05, 0) is 34.6 Å². The number of carbonyl (C=O) groups excluding carboxylic acids is 1. The molecule has 1 aliphatic heterocycles. The highest BCUT2D eigenvalue weighted by molar-refractivity contribution is 5.75. The van der Waals surface area contributed by atoms with E-state index in [1.165, 1.54) is 0 Å². The fraction of sp³-hybridized carbons (Fsp3) is 0.833. The maximum atomic E-state index is 11.6. The van der Waals surface area contributed by atoms with Gasteiger partial charge in [0.15, 0.2) is 11.9 Å². The lowest BCUT2D eigenvalue weighted by Crippen LogP contribution is -2.59. The Morgan fingerprint density at radius 2 is 1.95 bits per heavy atom. The Balaban J connectivity index is 2.66. The third-order valence-corrected chi connectivity index (χ3v) is 2.33. The maximum absolute atomic E-state index is 11.6. The number of ether oxygens (including phenoxy) is 3. The Bertz CT molecular complexity index is 360. The zero-order valence-electron chi connectivity index (χ0n) is 11.9. The van der Waals surface area contributed by atoms with Crippen LogP contribution in [-0.2, 0) is 19.0 Å². The molecule has 0 aromatic heterocycles. The highest BCUT2D eigenvalue weighted by Gasteiger charge is 2.42. The van der Waals surface area contributed by atoms with Crippen molar-refractivity contribution < 1.29 is 28.9 Å². The van der Waals surface area contributed by atoms with Crippen molar-refractivity contribution >= 4 is 12.1 Å². The molecule has 1 rings (SSSR count). The first-order chi connectivity index (χ1) is 8.50. The van der Waals surface area contributed by atoms with Crippen molar-refractivity contribution in [3.63, 3.8) is 0 Å². The molecular formula is C12H21NO6. The summed E-state index contributed by atoms with van der Waals surface area (Å²) in [6.45, 7) is 8.44. The summed E-state index contributed by atoms with van der Waals surface area (Å²) in [7, 11) is 0. The maximum Gasteiger partial charge on any atom is 0.408 e. The highest BCUT2D eigenvalue weighted by atomic mass is 16.7. The summed E-state index contributed by atoms with van der Waals surface area (Å²) >= 11 is 0. The van der Waals surface area contributed by atoms with Gasteiger partial charge >= 0.3 is 12.1 Å². The summed E-state index contributed by atoms with van der Waals surface area (Å²) in [6.07, 6.45) is -1.87. The Morgan fingerprint density at radius 3 is 2.42 bits per heavy atom. The minimum atomic E-state index is -1.17. The largest absolute Gasteiger partial charge is 0.479 e. The molecule has 1 heterocycles. The van der Waals surface area contributed by atoms with Gasteiger partial charge in [-0.3, -0.25) is 0 Å². The van der Waals surface area contributed by atoms with Crippen LogP contribution in [0.2, 0.25) is 0 Å². The molecule has 2 unspecified atom stereocenters. The number of nitrogens with one attached hydrogen (secondary N) is 1. The Morgan fingerprint density at radius 1 is 1.37 bits per heavy atom. The van der Waals surface area contributed by atoms with Crippen molar-refractivity contribution in [1.82, 2.24) is 5.32 Å². The van der Waals surface area contributed by atoms with Gasteiger partial charge in [0, 0.05) is 0 Å². The Labute approximate surface area is 112 Å². The number of hydrogen-bond donors (Lipinski definition) is 2. The molecule has 7 nitrogen and oxygen atoms in total. The van der Waals surface area contributed by atoms with Crippen LogP contribution in [0.4, 0.5) is 4.79 Å². The molecule has 1 fully saturated rings. The summed E-state index contributed by atoms with van der Waals surface area (Å²) < 4.78 is 15.7. The summed E-state index contributed by atoms with van der Waals surface area (Å²) in [6, 6.07) is -0.791. The Hall–Kier alpha value is -1.34. The fourth-order valence-corrected chi connectivity index (χ4v) is 1.60. The van der Waals surface area contributed by atoms with Crippen molar-refractivity contribution in [3.05, 3.63) is 0 Å². The molecule has 0 aliphatic carbocycles. The zero-order valence-corrected chi connectivity index (χ0v) is 11.9. The monoisotopic (exact) mass is 275 g/mol. The van der Waals surface area contributed by atoms with Gasteiger partial charge in [-0.25, -0.2) is 9.59 Å². The van der Waals surface area contributed by atoms with Crippen LogP contribution in [0, 0.1) is 0 Å². The number of rotatable bonds is 2. The van der Waals surface area contributed by atoms with Crippen LogP contribution < -0.4 is 5.32 Å². The van der Waals surface area contributed by atoms with Gasteiger partial charge in [-0.2, -0.15) is 0 Å². The molecule has 7 heteroatoms. The summed E-state index contributed by atoms with van der Waals surface area (Å²) in [5.41, 5.74) is -0.654. The Kier molecular flexibility index (Phi) is 4.42. The van der Waals surface area contributed by atoms with Crippen LogP contribution in [-0.4, -0.2) is 47.3 Å². The first-order valence-electron chi connectivity index (χ1n) is 6.04. The second kappa shape index (κ2) is 5.34. The molecule has 0 radical (unpaired) electrons. The van der Waals surface area contributed by atoms with Crippen LogP contribution in [0.5, 0.6) is 0 Å². The number of aliphatic carboxylic acids is 1. The van der Waals surface area contributed by atoms with E-state index in [0.29, 0.717) is 0 Å². The third-order valence-electron chi connectivity index (χ3n) is 2.33. The fourth-order valence-electron chi connectivity index (χ4n) is 1.60. The standard InChI is InChI=1S/C12H21NO6/c1-11(2,3)19-10(16)13-7-6-17-12(4,5)18-8(7)9(14)15/h7-8H,6H2,1-5H3,(H,13,16)(H,14,15). The molecule has 19 heavy (non-hydrogen) atoms. The van der Waals surface area contributed by atoms with Crippen molar-refractivity contribution in [2.45, 2.75) is 58.2 Å². The van der Waals surface area contributed by atoms with Gasteiger partial charge < -0.3 is 24.6 Å². The smallest absolute Gasteiger partial charge is 0.408 e. The number of hydrogen-bond acceptors (Lipinski definition) is 5. The molecule has 110 valence electrons. The summed E-state index contributed by atoms with van der Waals surface area (Å²) in [4.78, 5) is 22.8. The second-order valence-electron chi connectivity index (χ2n) is 5.84. The molecule has 1 saturated heterocycles. The van der Waals surface area contributed by atoms with Gasteiger partial charge in [0.1, 0.15) is 5.60 Å². The lowest BCUT2D eigenvalue weighted by atomic mass is 10.1. The van der Waals surface area contributed by atoms with E-state index in [9.17, 15) is 9.59 Å². The van der Waals surface area contributed by atoms with Crippen LogP contribution in [0.25, 0.3) is 0 Å². The van der Waals surface area contributed by atoms with Crippen LogP contribution in [0.15, 0.2) is 0 Å².